The van der Waals surface area contributed by atoms with Crippen LogP contribution in [0.4, 0.5) is 0 Å². The van der Waals surface area contributed by atoms with Crippen LogP contribution in [0, 0.1) is 0 Å². The highest BCUT2D eigenvalue weighted by atomic mass is 16.5. The van der Waals surface area contributed by atoms with Gasteiger partial charge in [0.15, 0.2) is 0 Å². The van der Waals surface area contributed by atoms with Crippen molar-refractivity contribution in [2.45, 2.75) is 12.3 Å². The van der Waals surface area contributed by atoms with Crippen LogP contribution in [0.3, 0.4) is 0 Å². The number of carbonyl (C=O) groups excluding carboxylic acids is 1. The fourth-order valence-corrected chi connectivity index (χ4v) is 1.88. The van der Waals surface area contributed by atoms with Crippen molar-refractivity contribution < 1.29 is 14.3 Å². The minimum Gasteiger partial charge on any atom is -0.497 e. The summed E-state index contributed by atoms with van der Waals surface area (Å²) in [5.41, 5.74) is 6.38. The molecule has 1 unspecified atom stereocenters. The van der Waals surface area contributed by atoms with Gasteiger partial charge in [0.1, 0.15) is 11.5 Å². The first-order valence-electron chi connectivity index (χ1n) is 5.81. The Morgan fingerprint density at radius 2 is 2.11 bits per heavy atom. The van der Waals surface area contributed by atoms with E-state index < -0.39 is 0 Å². The van der Waals surface area contributed by atoms with Gasteiger partial charge < -0.3 is 20.5 Å². The monoisotopic (exact) mass is 252 g/mol. The predicted octanol–water partition coefficient (Wildman–Crippen LogP) is 0.882. The third kappa shape index (κ3) is 3.13. The number of amides is 1. The first kappa shape index (κ1) is 14.3. The van der Waals surface area contributed by atoms with Gasteiger partial charge in [0.05, 0.1) is 20.1 Å². The van der Waals surface area contributed by atoms with Gasteiger partial charge in [-0.15, -0.1) is 0 Å². The number of nitrogens with two attached hydrogens (primary N) is 1. The van der Waals surface area contributed by atoms with Gasteiger partial charge in [-0.1, -0.05) is 6.07 Å². The Hall–Kier alpha value is -1.75. The van der Waals surface area contributed by atoms with Gasteiger partial charge in [-0.2, -0.15) is 0 Å². The summed E-state index contributed by atoms with van der Waals surface area (Å²) >= 11 is 0. The van der Waals surface area contributed by atoms with Crippen LogP contribution in [0.5, 0.6) is 11.5 Å². The Morgan fingerprint density at radius 1 is 1.39 bits per heavy atom. The standard InChI is InChI=1S/C13H20N2O3/c1-15-13(16)11(6-7-14)10-5-4-9(17-2)8-12(10)18-3/h4-5,8,11H,6-7,14H2,1-3H3,(H,15,16). The maximum atomic E-state index is 11.9. The zero-order valence-electron chi connectivity index (χ0n) is 11.0. The molecule has 1 aromatic rings. The summed E-state index contributed by atoms with van der Waals surface area (Å²) in [6, 6.07) is 5.42. The van der Waals surface area contributed by atoms with E-state index in [0.29, 0.717) is 24.5 Å². The molecule has 0 aromatic heterocycles. The molecule has 0 spiro atoms. The number of ether oxygens (including phenoxy) is 2. The van der Waals surface area contributed by atoms with E-state index in [1.807, 2.05) is 12.1 Å². The quantitative estimate of drug-likeness (QED) is 0.788. The van der Waals surface area contributed by atoms with Crippen molar-refractivity contribution in [2.75, 3.05) is 27.8 Å². The summed E-state index contributed by atoms with van der Waals surface area (Å²) in [5.74, 6) is 0.958. The van der Waals surface area contributed by atoms with E-state index in [1.54, 1.807) is 27.3 Å². The Balaban J connectivity index is 3.14. The van der Waals surface area contributed by atoms with Crippen molar-refractivity contribution in [3.8, 4) is 11.5 Å². The van der Waals surface area contributed by atoms with Gasteiger partial charge in [0, 0.05) is 18.7 Å². The fraction of sp³-hybridized carbons (Fsp3) is 0.462. The lowest BCUT2D eigenvalue weighted by atomic mass is 9.93. The van der Waals surface area contributed by atoms with Gasteiger partial charge >= 0.3 is 0 Å². The molecule has 0 aliphatic carbocycles. The number of hydrogen-bond donors (Lipinski definition) is 2. The fourth-order valence-electron chi connectivity index (χ4n) is 1.88. The van der Waals surface area contributed by atoms with Crippen LogP contribution in [0.1, 0.15) is 17.9 Å². The SMILES string of the molecule is CNC(=O)C(CCN)c1ccc(OC)cc1OC. The van der Waals surface area contributed by atoms with Crippen molar-refractivity contribution >= 4 is 5.91 Å². The molecular weight excluding hydrogens is 232 g/mol. The van der Waals surface area contributed by atoms with Crippen LogP contribution in [-0.2, 0) is 4.79 Å². The Morgan fingerprint density at radius 3 is 2.61 bits per heavy atom. The lowest BCUT2D eigenvalue weighted by molar-refractivity contribution is -0.122. The van der Waals surface area contributed by atoms with Crippen molar-refractivity contribution in [3.63, 3.8) is 0 Å². The lowest BCUT2D eigenvalue weighted by Gasteiger charge is -2.18. The Bertz CT molecular complexity index is 407. The molecule has 0 aliphatic rings. The number of likely N-dealkylation sites (N-methyl/N-ethyl adjacent to an activating group) is 1. The first-order valence-corrected chi connectivity index (χ1v) is 5.81. The molecule has 0 radical (unpaired) electrons. The van der Waals surface area contributed by atoms with Crippen molar-refractivity contribution in [1.82, 2.24) is 5.32 Å². The molecule has 0 aliphatic heterocycles. The van der Waals surface area contributed by atoms with Crippen molar-refractivity contribution in [3.05, 3.63) is 23.8 Å². The van der Waals surface area contributed by atoms with Gasteiger partial charge in [0.2, 0.25) is 5.91 Å². The topological polar surface area (TPSA) is 73.6 Å². The lowest BCUT2D eigenvalue weighted by Crippen LogP contribution is -2.27. The molecule has 1 amide bonds. The Labute approximate surface area is 107 Å². The molecule has 1 aromatic carbocycles. The average Bonchev–Trinajstić information content (AvgIpc) is 2.43. The summed E-state index contributed by atoms with van der Waals surface area (Å²) in [7, 11) is 4.77. The maximum absolute atomic E-state index is 11.9. The molecule has 5 nitrogen and oxygen atoms in total. The second-order valence-electron chi connectivity index (χ2n) is 3.85. The maximum Gasteiger partial charge on any atom is 0.227 e. The highest BCUT2D eigenvalue weighted by Gasteiger charge is 2.22. The molecule has 1 atom stereocenters. The van der Waals surface area contributed by atoms with Crippen LogP contribution >= 0.6 is 0 Å². The van der Waals surface area contributed by atoms with E-state index in [1.165, 1.54) is 0 Å². The molecule has 0 fully saturated rings. The second kappa shape index (κ2) is 6.86. The molecule has 5 heteroatoms. The van der Waals surface area contributed by atoms with E-state index in [2.05, 4.69) is 5.32 Å². The number of methoxy groups -OCH3 is 2. The summed E-state index contributed by atoms with van der Waals surface area (Å²) in [6.07, 6.45) is 0.572. The minimum atomic E-state index is -0.305. The molecular formula is C13H20N2O3. The van der Waals surface area contributed by atoms with E-state index in [0.717, 1.165) is 5.56 Å². The number of nitrogens with one attached hydrogen (secondary N) is 1. The summed E-state index contributed by atoms with van der Waals surface area (Å²) < 4.78 is 10.4. The van der Waals surface area contributed by atoms with Gasteiger partial charge in [0.25, 0.3) is 0 Å². The van der Waals surface area contributed by atoms with E-state index in [-0.39, 0.29) is 11.8 Å². The van der Waals surface area contributed by atoms with Crippen molar-refractivity contribution in [1.29, 1.82) is 0 Å². The normalized spacial score (nSPS) is 11.8. The number of hydrogen-bond acceptors (Lipinski definition) is 4. The largest absolute Gasteiger partial charge is 0.497 e. The molecule has 3 N–H and O–H groups in total. The summed E-state index contributed by atoms with van der Waals surface area (Å²) in [4.78, 5) is 11.9. The number of rotatable bonds is 6. The third-order valence-electron chi connectivity index (χ3n) is 2.83. The van der Waals surface area contributed by atoms with E-state index >= 15 is 0 Å². The van der Waals surface area contributed by atoms with Crippen LogP contribution in [0.15, 0.2) is 18.2 Å². The zero-order chi connectivity index (χ0) is 13.5. The molecule has 0 saturated carbocycles. The zero-order valence-corrected chi connectivity index (χ0v) is 11.0. The van der Waals surface area contributed by atoms with Gasteiger partial charge in [-0.3, -0.25) is 4.79 Å². The van der Waals surface area contributed by atoms with E-state index in [4.69, 9.17) is 15.2 Å². The summed E-state index contributed by atoms with van der Waals surface area (Å²) in [6.45, 7) is 0.438. The third-order valence-corrected chi connectivity index (χ3v) is 2.83. The Kier molecular flexibility index (Phi) is 5.45. The number of carbonyl (C=O) groups is 1. The molecule has 1 rings (SSSR count). The van der Waals surface area contributed by atoms with Crippen LogP contribution in [0.2, 0.25) is 0 Å². The van der Waals surface area contributed by atoms with E-state index in [9.17, 15) is 4.79 Å². The average molecular weight is 252 g/mol. The van der Waals surface area contributed by atoms with Gasteiger partial charge in [-0.25, -0.2) is 0 Å². The van der Waals surface area contributed by atoms with Crippen LogP contribution < -0.4 is 20.5 Å². The minimum absolute atomic E-state index is 0.0658. The smallest absolute Gasteiger partial charge is 0.227 e. The highest BCUT2D eigenvalue weighted by molar-refractivity contribution is 5.84. The molecule has 0 heterocycles. The molecule has 18 heavy (non-hydrogen) atoms. The van der Waals surface area contributed by atoms with Gasteiger partial charge in [-0.05, 0) is 19.0 Å². The van der Waals surface area contributed by atoms with Crippen LogP contribution in [0.25, 0.3) is 0 Å². The molecule has 0 saturated heterocycles. The highest BCUT2D eigenvalue weighted by Crippen LogP contribution is 2.32. The summed E-state index contributed by atoms with van der Waals surface area (Å²) in [5, 5.41) is 2.65. The van der Waals surface area contributed by atoms with Crippen LogP contribution in [-0.4, -0.2) is 33.7 Å². The molecule has 0 bridgehead atoms. The first-order chi connectivity index (χ1) is 8.67. The molecule has 100 valence electrons. The second-order valence-corrected chi connectivity index (χ2v) is 3.85. The van der Waals surface area contributed by atoms with Crippen molar-refractivity contribution in [2.24, 2.45) is 5.73 Å². The number of benzene rings is 1. The predicted molar refractivity (Wildman–Crippen MR) is 70.0 cm³/mol.